The Balaban J connectivity index is 1.46. The van der Waals surface area contributed by atoms with Crippen LogP contribution >= 0.6 is 11.3 Å². The Bertz CT molecular complexity index is 1060. The van der Waals surface area contributed by atoms with Gasteiger partial charge < -0.3 is 9.32 Å². The van der Waals surface area contributed by atoms with Crippen LogP contribution in [0.1, 0.15) is 15.2 Å². The van der Waals surface area contributed by atoms with Gasteiger partial charge in [-0.1, -0.05) is 0 Å². The van der Waals surface area contributed by atoms with Gasteiger partial charge in [0, 0.05) is 36.6 Å². The Morgan fingerprint density at radius 2 is 1.92 bits per heavy atom. The molecule has 0 N–H and O–H groups in total. The average Bonchev–Trinajstić information content (AvgIpc) is 3.29. The van der Waals surface area contributed by atoms with E-state index in [1.807, 2.05) is 6.92 Å². The summed E-state index contributed by atoms with van der Waals surface area (Å²) in [6.07, 6.45) is 1.34. The van der Waals surface area contributed by atoms with Gasteiger partial charge in [0.15, 0.2) is 12.0 Å². The van der Waals surface area contributed by atoms with E-state index in [1.165, 1.54) is 22.0 Å². The first kappa shape index (κ1) is 17.2. The lowest BCUT2D eigenvalue weighted by Crippen LogP contribution is -2.50. The number of benzene rings is 1. The highest BCUT2D eigenvalue weighted by Gasteiger charge is 2.31. The second-order valence-corrected chi connectivity index (χ2v) is 9.55. The van der Waals surface area contributed by atoms with E-state index in [0.29, 0.717) is 34.0 Å². The second kappa shape index (κ2) is 6.49. The zero-order valence-corrected chi connectivity index (χ0v) is 15.7. The molecule has 0 unspecified atom stereocenters. The number of thiophene rings is 1. The maximum Gasteiger partial charge on any atom is 0.254 e. The molecular formula is C17H17N3O4S2. The third-order valence-electron chi connectivity index (χ3n) is 4.41. The van der Waals surface area contributed by atoms with Crippen LogP contribution in [-0.4, -0.2) is 54.7 Å². The Hall–Kier alpha value is -2.23. The molecule has 0 saturated carbocycles. The van der Waals surface area contributed by atoms with E-state index in [-0.39, 0.29) is 19.0 Å². The van der Waals surface area contributed by atoms with Gasteiger partial charge in [-0.05, 0) is 37.3 Å². The van der Waals surface area contributed by atoms with Crippen LogP contribution in [0.2, 0.25) is 0 Å². The molecule has 0 aliphatic carbocycles. The molecule has 0 bridgehead atoms. The third-order valence-corrected chi connectivity index (χ3v) is 7.78. The minimum absolute atomic E-state index is 0.126. The minimum atomic E-state index is -3.48. The average molecular weight is 391 g/mol. The molecule has 136 valence electrons. The fourth-order valence-corrected chi connectivity index (χ4v) is 5.84. The predicted octanol–water partition coefficient (Wildman–Crippen LogP) is 2.34. The van der Waals surface area contributed by atoms with Crippen molar-refractivity contribution in [2.75, 3.05) is 26.2 Å². The van der Waals surface area contributed by atoms with E-state index in [0.717, 1.165) is 4.88 Å². The van der Waals surface area contributed by atoms with Crippen molar-refractivity contribution in [3.63, 3.8) is 0 Å². The summed E-state index contributed by atoms with van der Waals surface area (Å²) in [6.45, 7) is 3.18. The van der Waals surface area contributed by atoms with Crippen LogP contribution in [0, 0.1) is 6.92 Å². The number of piperazine rings is 1. The van der Waals surface area contributed by atoms with Gasteiger partial charge in [0.05, 0.1) is 0 Å². The lowest BCUT2D eigenvalue weighted by molar-refractivity contribution is 0.0698. The molecular weight excluding hydrogens is 374 g/mol. The molecule has 1 amide bonds. The molecule has 26 heavy (non-hydrogen) atoms. The molecule has 0 atom stereocenters. The van der Waals surface area contributed by atoms with Crippen LogP contribution in [0.4, 0.5) is 0 Å². The van der Waals surface area contributed by atoms with Gasteiger partial charge in [0.2, 0.25) is 0 Å². The van der Waals surface area contributed by atoms with Crippen LogP contribution in [0.15, 0.2) is 45.4 Å². The number of hydrogen-bond acceptors (Lipinski definition) is 6. The highest BCUT2D eigenvalue weighted by molar-refractivity contribution is 7.91. The van der Waals surface area contributed by atoms with Crippen molar-refractivity contribution >= 4 is 38.4 Å². The molecule has 1 aliphatic rings. The van der Waals surface area contributed by atoms with Crippen LogP contribution < -0.4 is 0 Å². The van der Waals surface area contributed by atoms with E-state index in [2.05, 4.69) is 4.98 Å². The summed E-state index contributed by atoms with van der Waals surface area (Å²) in [4.78, 5) is 19.4. The summed E-state index contributed by atoms with van der Waals surface area (Å²) in [7, 11) is -3.48. The Labute approximate surface area is 154 Å². The quantitative estimate of drug-likeness (QED) is 0.684. The van der Waals surface area contributed by atoms with Gasteiger partial charge in [0.1, 0.15) is 9.73 Å². The fourth-order valence-electron chi connectivity index (χ4n) is 2.98. The highest BCUT2D eigenvalue weighted by Crippen LogP contribution is 2.25. The van der Waals surface area contributed by atoms with Gasteiger partial charge >= 0.3 is 0 Å². The fraction of sp³-hybridized carbons (Fsp3) is 0.294. The molecule has 1 aliphatic heterocycles. The van der Waals surface area contributed by atoms with E-state index >= 15 is 0 Å². The standard InChI is InChI=1S/C17H17N3O4S2/c1-12-2-5-16(25-12)26(22,23)20-8-6-19(7-9-20)17(21)13-3-4-15-14(10-13)18-11-24-15/h2-5,10-11H,6-9H2,1H3. The van der Waals surface area contributed by atoms with Gasteiger partial charge in [-0.3, -0.25) is 4.79 Å². The maximum absolute atomic E-state index is 12.7. The number of oxazole rings is 1. The summed E-state index contributed by atoms with van der Waals surface area (Å²) in [5, 5.41) is 0. The number of sulfonamides is 1. The van der Waals surface area contributed by atoms with Crippen LogP contribution in [0.5, 0.6) is 0 Å². The smallest absolute Gasteiger partial charge is 0.254 e. The summed E-state index contributed by atoms with van der Waals surface area (Å²) >= 11 is 1.27. The maximum atomic E-state index is 12.7. The number of nitrogens with zero attached hydrogens (tertiary/aromatic N) is 3. The molecule has 1 fully saturated rings. The first-order chi connectivity index (χ1) is 12.4. The van der Waals surface area contributed by atoms with Crippen LogP contribution in [-0.2, 0) is 10.0 Å². The highest BCUT2D eigenvalue weighted by atomic mass is 32.2. The largest absolute Gasteiger partial charge is 0.443 e. The molecule has 3 heterocycles. The number of rotatable bonds is 3. The summed E-state index contributed by atoms with van der Waals surface area (Å²) < 4.78 is 32.3. The zero-order chi connectivity index (χ0) is 18.3. The van der Waals surface area contributed by atoms with Gasteiger partial charge in [-0.2, -0.15) is 4.31 Å². The number of carbonyl (C=O) groups is 1. The monoisotopic (exact) mass is 391 g/mol. The molecule has 0 radical (unpaired) electrons. The molecule has 7 nitrogen and oxygen atoms in total. The van der Waals surface area contributed by atoms with Gasteiger partial charge in [-0.25, -0.2) is 13.4 Å². The lowest BCUT2D eigenvalue weighted by Gasteiger charge is -2.33. The van der Waals surface area contributed by atoms with Gasteiger partial charge in [-0.15, -0.1) is 11.3 Å². The van der Waals surface area contributed by atoms with Crippen molar-refractivity contribution < 1.29 is 17.6 Å². The van der Waals surface area contributed by atoms with Crippen molar-refractivity contribution in [3.05, 3.63) is 47.2 Å². The van der Waals surface area contributed by atoms with E-state index < -0.39 is 10.0 Å². The molecule has 2 aromatic heterocycles. The first-order valence-corrected chi connectivity index (χ1v) is 10.4. The number of fused-ring (bicyclic) bond motifs is 1. The molecule has 0 spiro atoms. The van der Waals surface area contributed by atoms with Crippen LogP contribution in [0.3, 0.4) is 0 Å². The second-order valence-electron chi connectivity index (χ2n) is 6.10. The van der Waals surface area contributed by atoms with E-state index in [1.54, 1.807) is 35.2 Å². The lowest BCUT2D eigenvalue weighted by atomic mass is 10.1. The van der Waals surface area contributed by atoms with Crippen LogP contribution in [0.25, 0.3) is 11.1 Å². The third kappa shape index (κ3) is 3.02. The molecule has 9 heteroatoms. The molecule has 1 saturated heterocycles. The Morgan fingerprint density at radius 3 is 2.62 bits per heavy atom. The SMILES string of the molecule is Cc1ccc(S(=O)(=O)N2CCN(C(=O)c3ccc4ocnc4c3)CC2)s1. The predicted molar refractivity (Wildman–Crippen MR) is 97.7 cm³/mol. The van der Waals surface area contributed by atoms with Crippen molar-refractivity contribution in [1.29, 1.82) is 0 Å². The van der Waals surface area contributed by atoms with Crippen molar-refractivity contribution in [2.24, 2.45) is 0 Å². The molecule has 4 rings (SSSR count). The molecule has 1 aromatic carbocycles. The zero-order valence-electron chi connectivity index (χ0n) is 14.1. The Morgan fingerprint density at radius 1 is 1.15 bits per heavy atom. The first-order valence-electron chi connectivity index (χ1n) is 8.14. The number of carbonyl (C=O) groups excluding carboxylic acids is 1. The van der Waals surface area contributed by atoms with Crippen molar-refractivity contribution in [1.82, 2.24) is 14.2 Å². The number of hydrogen-bond donors (Lipinski definition) is 0. The number of aromatic nitrogens is 1. The number of amides is 1. The molecule has 3 aromatic rings. The topological polar surface area (TPSA) is 83.7 Å². The van der Waals surface area contributed by atoms with Gasteiger partial charge in [0.25, 0.3) is 15.9 Å². The summed E-state index contributed by atoms with van der Waals surface area (Å²) in [6, 6.07) is 8.55. The van der Waals surface area contributed by atoms with E-state index in [4.69, 9.17) is 4.42 Å². The number of aryl methyl sites for hydroxylation is 1. The van der Waals surface area contributed by atoms with Crippen molar-refractivity contribution in [3.8, 4) is 0 Å². The van der Waals surface area contributed by atoms with E-state index in [9.17, 15) is 13.2 Å². The summed E-state index contributed by atoms with van der Waals surface area (Å²) in [5.41, 5.74) is 1.78. The Kier molecular flexibility index (Phi) is 4.29. The summed E-state index contributed by atoms with van der Waals surface area (Å²) in [5.74, 6) is -0.126. The minimum Gasteiger partial charge on any atom is -0.443 e. The van der Waals surface area contributed by atoms with Crippen molar-refractivity contribution in [2.45, 2.75) is 11.1 Å². The normalized spacial score (nSPS) is 16.3.